The molecule has 6 nitrogen and oxygen atoms in total. The molecule has 1 heterocycles. The molecule has 1 aliphatic carbocycles. The number of carbonyl (C=O) groups excluding carboxylic acids is 3. The Labute approximate surface area is 173 Å². The zero-order valence-electron chi connectivity index (χ0n) is 17.9. The Morgan fingerprint density at radius 1 is 1.10 bits per heavy atom. The first-order chi connectivity index (χ1) is 13.7. The van der Waals surface area contributed by atoms with Crippen molar-refractivity contribution in [3.63, 3.8) is 0 Å². The normalized spacial score (nSPS) is 18.6. The molecular formula is C23H32N2O4. The van der Waals surface area contributed by atoms with Gasteiger partial charge in [0.05, 0.1) is 17.2 Å². The molecule has 158 valence electrons. The number of fused-ring (bicyclic) bond motifs is 1. The second kappa shape index (κ2) is 8.56. The van der Waals surface area contributed by atoms with Crippen molar-refractivity contribution < 1.29 is 19.1 Å². The minimum atomic E-state index is -0.601. The molecule has 0 unspecified atom stereocenters. The fourth-order valence-electron chi connectivity index (χ4n) is 4.26. The summed E-state index contributed by atoms with van der Waals surface area (Å²) in [5.74, 6) is -0.0671. The topological polar surface area (TPSA) is 66.9 Å². The van der Waals surface area contributed by atoms with E-state index >= 15 is 0 Å². The van der Waals surface area contributed by atoms with E-state index in [-0.39, 0.29) is 24.4 Å². The Kier molecular flexibility index (Phi) is 6.30. The second-order valence-corrected chi connectivity index (χ2v) is 9.25. The molecule has 1 aromatic rings. The van der Waals surface area contributed by atoms with Gasteiger partial charge >= 0.3 is 6.09 Å². The van der Waals surface area contributed by atoms with E-state index in [0.717, 1.165) is 19.3 Å². The summed E-state index contributed by atoms with van der Waals surface area (Å²) in [6.45, 7) is 5.69. The molecule has 0 saturated heterocycles. The number of imide groups is 1. The smallest absolute Gasteiger partial charge is 0.410 e. The maximum absolute atomic E-state index is 12.8. The van der Waals surface area contributed by atoms with E-state index in [1.165, 1.54) is 24.2 Å². The number of hydrogen-bond acceptors (Lipinski definition) is 4. The van der Waals surface area contributed by atoms with E-state index in [9.17, 15) is 14.4 Å². The summed E-state index contributed by atoms with van der Waals surface area (Å²) in [5.41, 5.74) is 0.277. The van der Waals surface area contributed by atoms with Crippen molar-refractivity contribution in [1.29, 1.82) is 0 Å². The summed E-state index contributed by atoms with van der Waals surface area (Å²) in [7, 11) is 1.71. The van der Waals surface area contributed by atoms with Crippen molar-refractivity contribution in [2.45, 2.75) is 70.9 Å². The van der Waals surface area contributed by atoms with Gasteiger partial charge in [-0.2, -0.15) is 0 Å². The summed E-state index contributed by atoms with van der Waals surface area (Å²) in [6, 6.07) is 6.63. The molecule has 0 bridgehead atoms. The highest BCUT2D eigenvalue weighted by molar-refractivity contribution is 6.21. The SMILES string of the molecule is CN(C(=O)OC(C)(C)C)[C@@H](CC1CCCCC1)CN1C(=O)c2ccccc2C1=O. The van der Waals surface area contributed by atoms with Crippen molar-refractivity contribution in [3.8, 4) is 0 Å². The van der Waals surface area contributed by atoms with Crippen LogP contribution in [0.25, 0.3) is 0 Å². The van der Waals surface area contributed by atoms with Crippen LogP contribution in [0.5, 0.6) is 0 Å². The Morgan fingerprint density at radius 3 is 2.17 bits per heavy atom. The zero-order chi connectivity index (χ0) is 21.2. The van der Waals surface area contributed by atoms with Crippen LogP contribution in [0, 0.1) is 5.92 Å². The minimum absolute atomic E-state index is 0.193. The van der Waals surface area contributed by atoms with Gasteiger partial charge in [-0.05, 0) is 45.2 Å². The molecule has 2 aliphatic rings. The van der Waals surface area contributed by atoms with Gasteiger partial charge in [-0.1, -0.05) is 44.2 Å². The monoisotopic (exact) mass is 400 g/mol. The highest BCUT2D eigenvalue weighted by Crippen LogP contribution is 2.30. The molecule has 29 heavy (non-hydrogen) atoms. The van der Waals surface area contributed by atoms with E-state index < -0.39 is 11.7 Å². The van der Waals surface area contributed by atoms with Crippen LogP contribution in [0.4, 0.5) is 4.79 Å². The summed E-state index contributed by atoms with van der Waals surface area (Å²) >= 11 is 0. The van der Waals surface area contributed by atoms with Gasteiger partial charge in [0.2, 0.25) is 0 Å². The number of nitrogens with zero attached hydrogens (tertiary/aromatic N) is 2. The molecule has 6 heteroatoms. The predicted molar refractivity (Wildman–Crippen MR) is 111 cm³/mol. The number of amides is 3. The zero-order valence-corrected chi connectivity index (χ0v) is 17.9. The lowest BCUT2D eigenvalue weighted by atomic mass is 9.84. The van der Waals surface area contributed by atoms with Gasteiger partial charge < -0.3 is 9.64 Å². The molecule has 1 aromatic carbocycles. The lowest BCUT2D eigenvalue weighted by Crippen LogP contribution is -2.48. The van der Waals surface area contributed by atoms with Crippen LogP contribution in [0.3, 0.4) is 0 Å². The molecule has 3 amide bonds. The van der Waals surface area contributed by atoms with Crippen LogP contribution in [0.2, 0.25) is 0 Å². The largest absolute Gasteiger partial charge is 0.444 e. The Morgan fingerprint density at radius 2 is 1.66 bits per heavy atom. The van der Waals surface area contributed by atoms with Gasteiger partial charge in [-0.15, -0.1) is 0 Å². The highest BCUT2D eigenvalue weighted by Gasteiger charge is 2.38. The summed E-state index contributed by atoms with van der Waals surface area (Å²) in [4.78, 5) is 41.2. The van der Waals surface area contributed by atoms with Gasteiger partial charge in [0, 0.05) is 13.6 Å². The van der Waals surface area contributed by atoms with Crippen molar-refractivity contribution in [3.05, 3.63) is 35.4 Å². The molecule has 0 radical (unpaired) electrons. The average molecular weight is 401 g/mol. The molecule has 1 fully saturated rings. The van der Waals surface area contributed by atoms with Gasteiger partial charge in [-0.3, -0.25) is 14.5 Å². The molecule has 3 rings (SSSR count). The summed E-state index contributed by atoms with van der Waals surface area (Å²) < 4.78 is 5.55. The first-order valence-corrected chi connectivity index (χ1v) is 10.6. The Bertz CT molecular complexity index is 742. The number of ether oxygens (including phenoxy) is 1. The first kappa shape index (κ1) is 21.3. The van der Waals surface area contributed by atoms with Crippen LogP contribution in [0.1, 0.15) is 80.0 Å². The molecule has 1 aliphatic heterocycles. The third-order valence-corrected chi connectivity index (χ3v) is 5.83. The molecule has 0 spiro atoms. The average Bonchev–Trinajstić information content (AvgIpc) is 2.91. The predicted octanol–water partition coefficient (Wildman–Crippen LogP) is 4.49. The maximum Gasteiger partial charge on any atom is 0.410 e. The van der Waals surface area contributed by atoms with Crippen molar-refractivity contribution in [2.24, 2.45) is 5.92 Å². The van der Waals surface area contributed by atoms with Crippen LogP contribution >= 0.6 is 0 Å². The van der Waals surface area contributed by atoms with E-state index in [4.69, 9.17) is 4.74 Å². The molecule has 0 aromatic heterocycles. The molecule has 0 N–H and O–H groups in total. The van der Waals surface area contributed by atoms with E-state index in [2.05, 4.69) is 0 Å². The lowest BCUT2D eigenvalue weighted by Gasteiger charge is -2.35. The maximum atomic E-state index is 12.8. The van der Waals surface area contributed by atoms with Crippen LogP contribution in [0.15, 0.2) is 24.3 Å². The van der Waals surface area contributed by atoms with Gasteiger partial charge in [0.15, 0.2) is 0 Å². The van der Waals surface area contributed by atoms with Gasteiger partial charge in [0.25, 0.3) is 11.8 Å². The number of carbonyl (C=O) groups is 3. The fourth-order valence-corrected chi connectivity index (χ4v) is 4.26. The summed E-state index contributed by atoms with van der Waals surface area (Å²) in [5, 5.41) is 0. The first-order valence-electron chi connectivity index (χ1n) is 10.6. The number of rotatable bonds is 5. The van der Waals surface area contributed by atoms with Crippen LogP contribution in [-0.2, 0) is 4.74 Å². The lowest BCUT2D eigenvalue weighted by molar-refractivity contribution is 0.0150. The number of likely N-dealkylation sites (N-methyl/N-ethyl adjacent to an activating group) is 1. The third kappa shape index (κ3) is 4.98. The standard InChI is InChI=1S/C23H32N2O4/c1-23(2,3)29-22(28)24(4)17(14-16-10-6-5-7-11-16)15-25-20(26)18-12-8-9-13-19(18)21(25)27/h8-9,12-13,16-17H,5-7,10-11,14-15H2,1-4H3/t17-/m0/s1. The van der Waals surface area contributed by atoms with Crippen molar-refractivity contribution in [2.75, 3.05) is 13.6 Å². The van der Waals surface area contributed by atoms with E-state index in [1.807, 2.05) is 20.8 Å². The molecular weight excluding hydrogens is 368 g/mol. The minimum Gasteiger partial charge on any atom is -0.444 e. The highest BCUT2D eigenvalue weighted by atomic mass is 16.6. The Balaban J connectivity index is 1.78. The van der Waals surface area contributed by atoms with E-state index in [1.54, 1.807) is 36.2 Å². The van der Waals surface area contributed by atoms with Gasteiger partial charge in [-0.25, -0.2) is 4.79 Å². The van der Waals surface area contributed by atoms with Crippen LogP contribution < -0.4 is 0 Å². The molecule has 1 saturated carbocycles. The number of hydrogen-bond donors (Lipinski definition) is 0. The summed E-state index contributed by atoms with van der Waals surface area (Å²) in [6.07, 6.45) is 6.24. The van der Waals surface area contributed by atoms with Crippen LogP contribution in [-0.4, -0.2) is 52.9 Å². The quantitative estimate of drug-likeness (QED) is 0.683. The molecule has 1 atom stereocenters. The van der Waals surface area contributed by atoms with E-state index in [0.29, 0.717) is 17.0 Å². The fraction of sp³-hybridized carbons (Fsp3) is 0.609. The van der Waals surface area contributed by atoms with Crippen molar-refractivity contribution in [1.82, 2.24) is 9.80 Å². The second-order valence-electron chi connectivity index (χ2n) is 9.25. The van der Waals surface area contributed by atoms with Crippen molar-refractivity contribution >= 4 is 17.9 Å². The third-order valence-electron chi connectivity index (χ3n) is 5.83. The number of benzene rings is 1. The van der Waals surface area contributed by atoms with Gasteiger partial charge in [0.1, 0.15) is 5.60 Å². The Hall–Kier alpha value is -2.37.